The molecule has 1 atom stereocenters. The van der Waals surface area contributed by atoms with Gasteiger partial charge in [-0.25, -0.2) is 13.2 Å². The number of nitrogens with one attached hydrogen (secondary N) is 1. The predicted octanol–water partition coefficient (Wildman–Crippen LogP) is 1.37. The number of rotatable bonds is 4. The third-order valence-electron chi connectivity index (χ3n) is 3.11. The van der Waals surface area contributed by atoms with Gasteiger partial charge in [-0.2, -0.15) is 0 Å². The first-order valence-corrected chi connectivity index (χ1v) is 7.49. The van der Waals surface area contributed by atoms with Gasteiger partial charge in [0.1, 0.15) is 0 Å². The van der Waals surface area contributed by atoms with Gasteiger partial charge in [0, 0.05) is 12.2 Å². The number of hydrogen-bond donors (Lipinski definition) is 2. The molecule has 0 aromatic heterocycles. The standard InChI is InChI=1S/C12H15NO4S/c14-12(15)9-3-1-4-10(7-9)13-8-11-5-2-6-18(11,16)17/h1,3-4,7,11,13H,2,5-6,8H2,(H,14,15). The quantitative estimate of drug-likeness (QED) is 0.862. The van der Waals surface area contributed by atoms with Gasteiger partial charge >= 0.3 is 5.97 Å². The van der Waals surface area contributed by atoms with Crippen LogP contribution in [0, 0.1) is 0 Å². The zero-order valence-electron chi connectivity index (χ0n) is 9.80. The van der Waals surface area contributed by atoms with Crippen molar-refractivity contribution in [1.29, 1.82) is 0 Å². The minimum absolute atomic E-state index is 0.189. The zero-order chi connectivity index (χ0) is 13.2. The van der Waals surface area contributed by atoms with Crippen LogP contribution in [0.4, 0.5) is 5.69 Å². The first kappa shape index (κ1) is 12.9. The first-order chi connectivity index (χ1) is 8.49. The fourth-order valence-electron chi connectivity index (χ4n) is 2.08. The Morgan fingerprint density at radius 2 is 2.22 bits per heavy atom. The Hall–Kier alpha value is -1.56. The zero-order valence-corrected chi connectivity index (χ0v) is 10.6. The molecule has 1 fully saturated rings. The maximum absolute atomic E-state index is 11.6. The predicted molar refractivity (Wildman–Crippen MR) is 68.7 cm³/mol. The van der Waals surface area contributed by atoms with E-state index in [9.17, 15) is 13.2 Å². The van der Waals surface area contributed by atoms with E-state index in [1.54, 1.807) is 12.1 Å². The Labute approximate surface area is 106 Å². The molecule has 1 saturated heterocycles. The van der Waals surface area contributed by atoms with Crippen LogP contribution in [-0.4, -0.2) is 37.0 Å². The summed E-state index contributed by atoms with van der Waals surface area (Å²) in [5.74, 6) is -0.735. The lowest BCUT2D eigenvalue weighted by molar-refractivity contribution is 0.0697. The third-order valence-corrected chi connectivity index (χ3v) is 5.38. The van der Waals surface area contributed by atoms with Gasteiger partial charge in [0.05, 0.1) is 16.6 Å². The van der Waals surface area contributed by atoms with Gasteiger partial charge in [0.25, 0.3) is 0 Å². The molecular weight excluding hydrogens is 254 g/mol. The Kier molecular flexibility index (Phi) is 3.56. The molecule has 1 aromatic rings. The number of carbonyl (C=O) groups is 1. The summed E-state index contributed by atoms with van der Waals surface area (Å²) >= 11 is 0. The Morgan fingerprint density at radius 1 is 1.44 bits per heavy atom. The number of anilines is 1. The number of hydrogen-bond acceptors (Lipinski definition) is 4. The molecule has 1 heterocycles. The van der Waals surface area contributed by atoms with Gasteiger partial charge in [-0.05, 0) is 31.0 Å². The lowest BCUT2D eigenvalue weighted by Gasteiger charge is -2.12. The molecule has 0 radical (unpaired) electrons. The number of aromatic carboxylic acids is 1. The van der Waals surface area contributed by atoms with Gasteiger partial charge in [-0.15, -0.1) is 0 Å². The number of carboxylic acids is 1. The summed E-state index contributed by atoms with van der Waals surface area (Å²) in [6.45, 7) is 0.339. The van der Waals surface area contributed by atoms with Gasteiger partial charge in [0.2, 0.25) is 0 Å². The molecule has 0 spiro atoms. The highest BCUT2D eigenvalue weighted by Crippen LogP contribution is 2.20. The van der Waals surface area contributed by atoms with Crippen LogP contribution >= 0.6 is 0 Å². The van der Waals surface area contributed by atoms with Crippen molar-refractivity contribution in [2.45, 2.75) is 18.1 Å². The molecule has 2 N–H and O–H groups in total. The van der Waals surface area contributed by atoms with E-state index in [-0.39, 0.29) is 16.6 Å². The van der Waals surface area contributed by atoms with E-state index in [2.05, 4.69) is 5.32 Å². The second kappa shape index (κ2) is 4.97. The fraction of sp³-hybridized carbons (Fsp3) is 0.417. The molecule has 2 rings (SSSR count). The van der Waals surface area contributed by atoms with Crippen molar-refractivity contribution in [3.05, 3.63) is 29.8 Å². The van der Waals surface area contributed by atoms with Gasteiger partial charge < -0.3 is 10.4 Å². The highest BCUT2D eigenvalue weighted by atomic mass is 32.2. The van der Waals surface area contributed by atoms with Crippen molar-refractivity contribution in [3.8, 4) is 0 Å². The maximum Gasteiger partial charge on any atom is 0.335 e. The Balaban J connectivity index is 2.02. The fourth-order valence-corrected chi connectivity index (χ4v) is 3.85. The summed E-state index contributed by atoms with van der Waals surface area (Å²) in [6.07, 6.45) is 1.39. The third kappa shape index (κ3) is 2.81. The topological polar surface area (TPSA) is 83.5 Å². The molecule has 5 nitrogen and oxygen atoms in total. The summed E-state index contributed by atoms with van der Waals surface area (Å²) in [7, 11) is -2.96. The molecule has 6 heteroatoms. The van der Waals surface area contributed by atoms with E-state index in [4.69, 9.17) is 5.11 Å². The van der Waals surface area contributed by atoms with Gasteiger partial charge in [-0.1, -0.05) is 6.07 Å². The minimum atomic E-state index is -2.96. The Bertz CT molecular complexity index is 553. The molecule has 18 heavy (non-hydrogen) atoms. The smallest absolute Gasteiger partial charge is 0.335 e. The van der Waals surface area contributed by atoms with Crippen LogP contribution in [0.15, 0.2) is 24.3 Å². The molecule has 0 saturated carbocycles. The lowest BCUT2D eigenvalue weighted by Crippen LogP contribution is -2.25. The second-order valence-electron chi connectivity index (χ2n) is 4.40. The number of benzene rings is 1. The minimum Gasteiger partial charge on any atom is -0.478 e. The van der Waals surface area contributed by atoms with Crippen LogP contribution in [0.2, 0.25) is 0 Å². The largest absolute Gasteiger partial charge is 0.478 e. The van der Waals surface area contributed by atoms with Gasteiger partial charge in [-0.3, -0.25) is 0 Å². The van der Waals surface area contributed by atoms with Crippen molar-refractivity contribution in [3.63, 3.8) is 0 Å². The van der Waals surface area contributed by atoms with E-state index in [0.717, 1.165) is 0 Å². The summed E-state index contributed by atoms with van der Waals surface area (Å²) < 4.78 is 23.2. The van der Waals surface area contributed by atoms with E-state index >= 15 is 0 Å². The lowest BCUT2D eigenvalue weighted by atomic mass is 10.2. The summed E-state index contributed by atoms with van der Waals surface area (Å²) in [5.41, 5.74) is 0.825. The SMILES string of the molecule is O=C(O)c1cccc(NCC2CCCS2(=O)=O)c1. The monoisotopic (exact) mass is 269 g/mol. The van der Waals surface area contributed by atoms with E-state index < -0.39 is 15.8 Å². The molecule has 0 aliphatic carbocycles. The van der Waals surface area contributed by atoms with Crippen molar-refractivity contribution < 1.29 is 18.3 Å². The van der Waals surface area contributed by atoms with Crippen LogP contribution in [-0.2, 0) is 9.84 Å². The summed E-state index contributed by atoms with van der Waals surface area (Å²) in [6, 6.07) is 6.37. The normalized spacial score (nSPS) is 21.7. The molecule has 1 unspecified atom stereocenters. The van der Waals surface area contributed by atoms with Gasteiger partial charge in [0.15, 0.2) is 9.84 Å². The molecule has 98 valence electrons. The van der Waals surface area contributed by atoms with Crippen LogP contribution in [0.25, 0.3) is 0 Å². The first-order valence-electron chi connectivity index (χ1n) is 5.78. The van der Waals surface area contributed by atoms with E-state index in [0.29, 0.717) is 25.1 Å². The Morgan fingerprint density at radius 3 is 2.83 bits per heavy atom. The molecule has 1 aliphatic heterocycles. The van der Waals surface area contributed by atoms with Crippen LogP contribution in [0.3, 0.4) is 0 Å². The average molecular weight is 269 g/mol. The maximum atomic E-state index is 11.6. The van der Waals surface area contributed by atoms with Crippen molar-refractivity contribution in [2.75, 3.05) is 17.6 Å². The van der Waals surface area contributed by atoms with Crippen molar-refractivity contribution in [1.82, 2.24) is 0 Å². The number of carboxylic acid groups (broad SMARTS) is 1. The molecule has 0 bridgehead atoms. The van der Waals surface area contributed by atoms with Crippen LogP contribution in [0.5, 0.6) is 0 Å². The van der Waals surface area contributed by atoms with Crippen molar-refractivity contribution in [2.24, 2.45) is 0 Å². The second-order valence-corrected chi connectivity index (χ2v) is 6.80. The van der Waals surface area contributed by atoms with Crippen molar-refractivity contribution >= 4 is 21.5 Å². The highest BCUT2D eigenvalue weighted by Gasteiger charge is 2.30. The van der Waals surface area contributed by atoms with Crippen LogP contribution < -0.4 is 5.32 Å². The molecular formula is C12H15NO4S. The summed E-state index contributed by atoms with van der Waals surface area (Å²) in [4.78, 5) is 10.8. The van der Waals surface area contributed by atoms with E-state index in [1.165, 1.54) is 12.1 Å². The molecule has 0 amide bonds. The van der Waals surface area contributed by atoms with Crippen LogP contribution in [0.1, 0.15) is 23.2 Å². The average Bonchev–Trinajstić information content (AvgIpc) is 2.66. The molecule has 1 aliphatic rings. The summed E-state index contributed by atoms with van der Waals surface area (Å²) in [5, 5.41) is 11.5. The molecule has 1 aromatic carbocycles. The van der Waals surface area contributed by atoms with E-state index in [1.807, 2.05) is 0 Å². The highest BCUT2D eigenvalue weighted by molar-refractivity contribution is 7.92. The number of sulfone groups is 1.